The molecule has 8 heteroatoms. The predicted octanol–water partition coefficient (Wildman–Crippen LogP) is 3.13. The molecule has 2 aromatic heterocycles. The van der Waals surface area contributed by atoms with Gasteiger partial charge in [0, 0.05) is 30.9 Å². The van der Waals surface area contributed by atoms with Crippen molar-refractivity contribution in [3.8, 4) is 0 Å². The molecule has 4 heterocycles. The van der Waals surface area contributed by atoms with Crippen LogP contribution in [-0.2, 0) is 9.47 Å². The molecule has 0 aromatic carbocycles. The Balaban J connectivity index is 1.45. The van der Waals surface area contributed by atoms with E-state index in [1.165, 1.54) is 0 Å². The van der Waals surface area contributed by atoms with Gasteiger partial charge in [-0.05, 0) is 24.8 Å². The summed E-state index contributed by atoms with van der Waals surface area (Å²) in [4.78, 5) is 15.8. The molecule has 0 radical (unpaired) electrons. The third-order valence-electron chi connectivity index (χ3n) is 5.08. The van der Waals surface area contributed by atoms with Crippen molar-refractivity contribution in [2.75, 3.05) is 36.5 Å². The Morgan fingerprint density at radius 3 is 2.96 bits per heavy atom. The zero-order chi connectivity index (χ0) is 18.6. The molecule has 3 atom stereocenters. The van der Waals surface area contributed by atoms with E-state index >= 15 is 0 Å². The summed E-state index contributed by atoms with van der Waals surface area (Å²) in [6, 6.07) is 2.23. The van der Waals surface area contributed by atoms with Crippen LogP contribution in [-0.4, -0.2) is 53.4 Å². The van der Waals surface area contributed by atoms with Gasteiger partial charge in [-0.3, -0.25) is 0 Å². The molecular formula is C19H27N5O2S. The fraction of sp³-hybridized carbons (Fsp3) is 0.632. The summed E-state index contributed by atoms with van der Waals surface area (Å²) in [5, 5.41) is 6.58. The van der Waals surface area contributed by atoms with Gasteiger partial charge in [0.2, 0.25) is 5.95 Å². The standard InChI is InChI=1S/C19H27N5O2S/c1-13(2)17-14(4-3-9-26-17)22-16-5-6-21-19(23-16)24-8-10-25-15(12-24)18-20-7-11-27-18/h5-7,11,13-15,17H,3-4,8-10,12H2,1-2H3,(H,21,22,23)/t14-,15+,17+/m1/s1. The molecule has 0 saturated carbocycles. The van der Waals surface area contributed by atoms with Gasteiger partial charge in [-0.25, -0.2) is 9.97 Å². The van der Waals surface area contributed by atoms with E-state index in [0.29, 0.717) is 12.5 Å². The van der Waals surface area contributed by atoms with Gasteiger partial charge < -0.3 is 19.7 Å². The van der Waals surface area contributed by atoms with Gasteiger partial charge in [-0.2, -0.15) is 4.98 Å². The van der Waals surface area contributed by atoms with Crippen LogP contribution < -0.4 is 10.2 Å². The first-order valence-electron chi connectivity index (χ1n) is 9.68. The molecule has 0 aliphatic carbocycles. The van der Waals surface area contributed by atoms with Crippen molar-refractivity contribution >= 4 is 23.1 Å². The number of nitrogens with zero attached hydrogens (tertiary/aromatic N) is 4. The topological polar surface area (TPSA) is 72.4 Å². The predicted molar refractivity (Wildman–Crippen MR) is 106 cm³/mol. The number of hydrogen-bond acceptors (Lipinski definition) is 8. The molecule has 0 spiro atoms. The van der Waals surface area contributed by atoms with Crippen LogP contribution in [0.3, 0.4) is 0 Å². The molecule has 2 saturated heterocycles. The molecule has 2 aromatic rings. The fourth-order valence-corrected chi connectivity index (χ4v) is 4.44. The maximum atomic E-state index is 5.99. The van der Waals surface area contributed by atoms with Gasteiger partial charge in [-0.1, -0.05) is 13.8 Å². The van der Waals surface area contributed by atoms with Crippen molar-refractivity contribution in [1.29, 1.82) is 0 Å². The van der Waals surface area contributed by atoms with Gasteiger partial charge in [0.05, 0.1) is 25.3 Å². The highest BCUT2D eigenvalue weighted by molar-refractivity contribution is 7.09. The normalized spacial score (nSPS) is 26.3. The first kappa shape index (κ1) is 18.6. The molecule has 2 aliphatic heterocycles. The number of aromatic nitrogens is 3. The summed E-state index contributed by atoms with van der Waals surface area (Å²) in [6.45, 7) is 7.43. The van der Waals surface area contributed by atoms with E-state index in [1.54, 1.807) is 11.3 Å². The maximum absolute atomic E-state index is 5.99. The van der Waals surface area contributed by atoms with Gasteiger partial charge in [0.25, 0.3) is 0 Å². The van der Waals surface area contributed by atoms with Crippen LogP contribution in [0.25, 0.3) is 0 Å². The fourth-order valence-electron chi connectivity index (χ4n) is 3.76. The molecule has 0 amide bonds. The van der Waals surface area contributed by atoms with Gasteiger partial charge >= 0.3 is 0 Å². The Kier molecular flexibility index (Phi) is 5.85. The monoisotopic (exact) mass is 389 g/mol. The Hall–Kier alpha value is -1.77. The van der Waals surface area contributed by atoms with Crippen LogP contribution in [0.2, 0.25) is 0 Å². The van der Waals surface area contributed by atoms with Crippen molar-refractivity contribution < 1.29 is 9.47 Å². The molecule has 146 valence electrons. The van der Waals surface area contributed by atoms with Crippen LogP contribution in [0, 0.1) is 5.92 Å². The third-order valence-corrected chi connectivity index (χ3v) is 5.94. The number of rotatable bonds is 5. The van der Waals surface area contributed by atoms with Crippen LogP contribution in [0.15, 0.2) is 23.8 Å². The Morgan fingerprint density at radius 1 is 1.22 bits per heavy atom. The Labute approximate surface area is 164 Å². The van der Waals surface area contributed by atoms with Crippen molar-refractivity contribution in [3.63, 3.8) is 0 Å². The van der Waals surface area contributed by atoms with E-state index in [0.717, 1.165) is 49.3 Å². The SMILES string of the molecule is CC(C)[C@@H]1OCCC[C@H]1Nc1ccnc(N2CCO[C@H](c3nccs3)C2)n1. The second kappa shape index (κ2) is 8.50. The summed E-state index contributed by atoms with van der Waals surface area (Å²) in [5.41, 5.74) is 0. The van der Waals surface area contributed by atoms with Crippen molar-refractivity contribution in [2.45, 2.75) is 44.9 Å². The number of ether oxygens (including phenoxy) is 2. The molecular weight excluding hydrogens is 362 g/mol. The summed E-state index contributed by atoms with van der Waals surface area (Å²) in [5.74, 6) is 2.07. The average molecular weight is 390 g/mol. The van der Waals surface area contributed by atoms with E-state index < -0.39 is 0 Å². The molecule has 0 bridgehead atoms. The van der Waals surface area contributed by atoms with Crippen molar-refractivity contribution in [2.24, 2.45) is 5.92 Å². The minimum Gasteiger partial charge on any atom is -0.376 e. The summed E-state index contributed by atoms with van der Waals surface area (Å²) < 4.78 is 11.9. The molecule has 2 fully saturated rings. The number of nitrogens with one attached hydrogen (secondary N) is 1. The average Bonchev–Trinajstić information content (AvgIpc) is 3.23. The molecule has 0 unspecified atom stereocenters. The van der Waals surface area contributed by atoms with E-state index in [9.17, 15) is 0 Å². The van der Waals surface area contributed by atoms with Crippen molar-refractivity contribution in [3.05, 3.63) is 28.8 Å². The second-order valence-electron chi connectivity index (χ2n) is 7.39. The maximum Gasteiger partial charge on any atom is 0.227 e. The first-order chi connectivity index (χ1) is 13.2. The largest absolute Gasteiger partial charge is 0.376 e. The Morgan fingerprint density at radius 2 is 2.15 bits per heavy atom. The van der Waals surface area contributed by atoms with Crippen LogP contribution in [0.1, 0.15) is 37.8 Å². The minimum absolute atomic E-state index is 0.0176. The lowest BCUT2D eigenvalue weighted by Gasteiger charge is -2.35. The number of hydrogen-bond donors (Lipinski definition) is 1. The van der Waals surface area contributed by atoms with Gasteiger partial charge in [0.15, 0.2) is 0 Å². The number of anilines is 2. The zero-order valence-electron chi connectivity index (χ0n) is 15.9. The molecule has 2 aliphatic rings. The van der Waals surface area contributed by atoms with E-state index in [2.05, 4.69) is 34.0 Å². The van der Waals surface area contributed by atoms with Gasteiger partial charge in [-0.15, -0.1) is 11.3 Å². The smallest absolute Gasteiger partial charge is 0.227 e. The summed E-state index contributed by atoms with van der Waals surface area (Å²) in [7, 11) is 0. The highest BCUT2D eigenvalue weighted by Gasteiger charge is 2.29. The van der Waals surface area contributed by atoms with E-state index in [1.807, 2.05) is 23.8 Å². The van der Waals surface area contributed by atoms with Crippen LogP contribution in [0.5, 0.6) is 0 Å². The molecule has 7 nitrogen and oxygen atoms in total. The van der Waals surface area contributed by atoms with Gasteiger partial charge in [0.1, 0.15) is 16.9 Å². The highest BCUT2D eigenvalue weighted by atomic mass is 32.1. The van der Waals surface area contributed by atoms with E-state index in [4.69, 9.17) is 14.5 Å². The van der Waals surface area contributed by atoms with Crippen LogP contribution in [0.4, 0.5) is 11.8 Å². The highest BCUT2D eigenvalue weighted by Crippen LogP contribution is 2.27. The summed E-state index contributed by atoms with van der Waals surface area (Å²) in [6.07, 6.45) is 6.03. The second-order valence-corrected chi connectivity index (χ2v) is 8.32. The number of morpholine rings is 1. The molecule has 4 rings (SSSR count). The van der Waals surface area contributed by atoms with Crippen LogP contribution >= 0.6 is 11.3 Å². The minimum atomic E-state index is -0.0176. The molecule has 1 N–H and O–H groups in total. The quantitative estimate of drug-likeness (QED) is 0.842. The summed E-state index contributed by atoms with van der Waals surface area (Å²) >= 11 is 1.63. The molecule has 27 heavy (non-hydrogen) atoms. The lowest BCUT2D eigenvalue weighted by atomic mass is 9.94. The lowest BCUT2D eigenvalue weighted by molar-refractivity contribution is -0.0203. The first-order valence-corrected chi connectivity index (χ1v) is 10.6. The third kappa shape index (κ3) is 4.39. The zero-order valence-corrected chi connectivity index (χ0v) is 16.7. The van der Waals surface area contributed by atoms with Crippen molar-refractivity contribution in [1.82, 2.24) is 15.0 Å². The number of thiazole rings is 1. The lowest BCUT2D eigenvalue weighted by Crippen LogP contribution is -2.43. The Bertz CT molecular complexity index is 727. The van der Waals surface area contributed by atoms with E-state index in [-0.39, 0.29) is 18.2 Å².